The van der Waals surface area contributed by atoms with Crippen molar-refractivity contribution >= 4 is 10.8 Å². The van der Waals surface area contributed by atoms with E-state index in [4.69, 9.17) is 4.42 Å². The van der Waals surface area contributed by atoms with E-state index in [1.807, 2.05) is 0 Å². The van der Waals surface area contributed by atoms with Crippen LogP contribution in [0.1, 0.15) is 12.7 Å². The highest BCUT2D eigenvalue weighted by atomic mass is 16.4. The van der Waals surface area contributed by atoms with Gasteiger partial charge < -0.3 is 19.7 Å². The summed E-state index contributed by atoms with van der Waals surface area (Å²) in [6, 6.07) is 3.95. The SMILES string of the molecule is C[C@@H](O)Cc1cc2cc(O)cc(O)c2c(=O)o1. The molecule has 3 N–H and O–H groups in total. The lowest BCUT2D eigenvalue weighted by molar-refractivity contribution is 0.186. The Bertz CT molecular complexity index is 612. The molecule has 5 nitrogen and oxygen atoms in total. The van der Waals surface area contributed by atoms with Gasteiger partial charge >= 0.3 is 5.63 Å². The number of hydrogen-bond donors (Lipinski definition) is 3. The van der Waals surface area contributed by atoms with Crippen LogP contribution in [0.5, 0.6) is 11.5 Å². The van der Waals surface area contributed by atoms with Gasteiger partial charge in [0.25, 0.3) is 0 Å². The maximum Gasteiger partial charge on any atom is 0.347 e. The van der Waals surface area contributed by atoms with Gasteiger partial charge in [-0.05, 0) is 24.4 Å². The first-order chi connectivity index (χ1) is 7.97. The Hall–Kier alpha value is -2.01. The lowest BCUT2D eigenvalue weighted by atomic mass is 10.1. The number of phenolic OH excluding ortho intramolecular Hbond substituents is 2. The van der Waals surface area contributed by atoms with E-state index in [1.165, 1.54) is 12.1 Å². The summed E-state index contributed by atoms with van der Waals surface area (Å²) in [6.07, 6.45) is -0.441. The molecule has 0 amide bonds. The number of aromatic hydroxyl groups is 2. The summed E-state index contributed by atoms with van der Waals surface area (Å²) in [7, 11) is 0. The highest BCUT2D eigenvalue weighted by Crippen LogP contribution is 2.27. The third-order valence-electron chi connectivity index (χ3n) is 2.37. The van der Waals surface area contributed by atoms with Gasteiger partial charge in [0.05, 0.1) is 6.10 Å². The molecular weight excluding hydrogens is 224 g/mol. The molecule has 0 radical (unpaired) electrons. The van der Waals surface area contributed by atoms with Crippen LogP contribution in [0.4, 0.5) is 0 Å². The zero-order valence-corrected chi connectivity index (χ0v) is 9.17. The summed E-state index contributed by atoms with van der Waals surface area (Å²) in [6.45, 7) is 1.57. The molecule has 1 heterocycles. The van der Waals surface area contributed by atoms with Gasteiger partial charge in [-0.1, -0.05) is 0 Å². The first-order valence-corrected chi connectivity index (χ1v) is 5.14. The van der Waals surface area contributed by atoms with E-state index < -0.39 is 11.7 Å². The average Bonchev–Trinajstić information content (AvgIpc) is 2.13. The van der Waals surface area contributed by atoms with Gasteiger partial charge in [0.1, 0.15) is 22.6 Å². The summed E-state index contributed by atoms with van der Waals surface area (Å²) in [4.78, 5) is 11.6. The number of fused-ring (bicyclic) bond motifs is 1. The summed E-state index contributed by atoms with van der Waals surface area (Å²) in [5.41, 5.74) is -0.685. The second-order valence-electron chi connectivity index (χ2n) is 3.98. The third-order valence-corrected chi connectivity index (χ3v) is 2.37. The number of benzene rings is 1. The summed E-state index contributed by atoms with van der Waals surface area (Å²) in [5, 5.41) is 28.5. The Morgan fingerprint density at radius 2 is 2.00 bits per heavy atom. The van der Waals surface area contributed by atoms with Crippen molar-refractivity contribution in [2.45, 2.75) is 19.4 Å². The van der Waals surface area contributed by atoms with Gasteiger partial charge in [-0.3, -0.25) is 0 Å². The van der Waals surface area contributed by atoms with Crippen LogP contribution in [-0.4, -0.2) is 21.4 Å². The van der Waals surface area contributed by atoms with Crippen molar-refractivity contribution in [3.05, 3.63) is 34.4 Å². The lowest BCUT2D eigenvalue weighted by Crippen LogP contribution is -2.08. The lowest BCUT2D eigenvalue weighted by Gasteiger charge is -2.05. The van der Waals surface area contributed by atoms with Gasteiger partial charge in [-0.15, -0.1) is 0 Å². The molecule has 2 rings (SSSR count). The van der Waals surface area contributed by atoms with Crippen LogP contribution in [0.25, 0.3) is 10.8 Å². The third kappa shape index (κ3) is 2.24. The number of hydrogen-bond acceptors (Lipinski definition) is 5. The maximum absolute atomic E-state index is 11.6. The highest BCUT2D eigenvalue weighted by Gasteiger charge is 2.11. The van der Waals surface area contributed by atoms with E-state index in [1.54, 1.807) is 6.92 Å². The first kappa shape index (κ1) is 11.5. The van der Waals surface area contributed by atoms with Gasteiger partial charge in [-0.25, -0.2) is 4.79 Å². The van der Waals surface area contributed by atoms with E-state index in [-0.39, 0.29) is 23.3 Å². The molecule has 0 aliphatic heterocycles. The van der Waals surface area contributed by atoms with Crippen LogP contribution >= 0.6 is 0 Å². The van der Waals surface area contributed by atoms with E-state index >= 15 is 0 Å². The quantitative estimate of drug-likeness (QED) is 0.727. The van der Waals surface area contributed by atoms with E-state index in [0.717, 1.165) is 6.07 Å². The van der Waals surface area contributed by atoms with E-state index in [9.17, 15) is 20.1 Å². The largest absolute Gasteiger partial charge is 0.508 e. The topological polar surface area (TPSA) is 90.9 Å². The summed E-state index contributed by atoms with van der Waals surface area (Å²) in [5.74, 6) is -0.150. The highest BCUT2D eigenvalue weighted by molar-refractivity contribution is 5.88. The molecule has 5 heteroatoms. The van der Waals surface area contributed by atoms with E-state index in [0.29, 0.717) is 11.1 Å². The number of aliphatic hydroxyl groups is 1. The van der Waals surface area contributed by atoms with Crippen LogP contribution in [0.15, 0.2) is 27.4 Å². The smallest absolute Gasteiger partial charge is 0.347 e. The zero-order chi connectivity index (χ0) is 12.6. The van der Waals surface area contributed by atoms with Crippen molar-refractivity contribution in [3.8, 4) is 11.5 Å². The fraction of sp³-hybridized carbons (Fsp3) is 0.250. The molecule has 17 heavy (non-hydrogen) atoms. The molecule has 0 fully saturated rings. The zero-order valence-electron chi connectivity index (χ0n) is 9.17. The van der Waals surface area contributed by atoms with Crippen molar-refractivity contribution in [2.75, 3.05) is 0 Å². The molecule has 0 saturated heterocycles. The van der Waals surface area contributed by atoms with Crippen molar-refractivity contribution in [1.29, 1.82) is 0 Å². The molecular formula is C12H12O5. The predicted octanol–water partition coefficient (Wildman–Crippen LogP) is 1.13. The Morgan fingerprint density at radius 3 is 2.65 bits per heavy atom. The van der Waals surface area contributed by atoms with Crippen molar-refractivity contribution in [1.82, 2.24) is 0 Å². The Kier molecular flexibility index (Phi) is 2.77. The van der Waals surface area contributed by atoms with Crippen LogP contribution in [-0.2, 0) is 6.42 Å². The molecule has 90 valence electrons. The second kappa shape index (κ2) is 4.10. The normalized spacial score (nSPS) is 12.8. The Labute approximate surface area is 96.6 Å². The van der Waals surface area contributed by atoms with Gasteiger partial charge in [-0.2, -0.15) is 0 Å². The standard InChI is InChI=1S/C12H12O5/c1-6(13)2-9-4-7-3-8(14)5-10(15)11(7)12(16)17-9/h3-6,13-15H,2H2,1H3/t6-/m1/s1. The molecule has 0 spiro atoms. The fourth-order valence-corrected chi connectivity index (χ4v) is 1.73. The minimum Gasteiger partial charge on any atom is -0.508 e. The number of phenols is 2. The average molecular weight is 236 g/mol. The minimum absolute atomic E-state index is 0.0251. The van der Waals surface area contributed by atoms with Crippen molar-refractivity contribution in [2.24, 2.45) is 0 Å². The molecule has 1 atom stereocenters. The summed E-state index contributed by atoms with van der Waals surface area (Å²) < 4.78 is 4.96. The number of rotatable bonds is 2. The summed E-state index contributed by atoms with van der Waals surface area (Å²) >= 11 is 0. The van der Waals surface area contributed by atoms with Gasteiger partial charge in [0.2, 0.25) is 0 Å². The fourth-order valence-electron chi connectivity index (χ4n) is 1.73. The van der Waals surface area contributed by atoms with Crippen molar-refractivity contribution < 1.29 is 19.7 Å². The first-order valence-electron chi connectivity index (χ1n) is 5.14. The van der Waals surface area contributed by atoms with Crippen molar-refractivity contribution in [3.63, 3.8) is 0 Å². The van der Waals surface area contributed by atoms with Gasteiger partial charge in [0, 0.05) is 12.5 Å². The number of aliphatic hydroxyl groups excluding tert-OH is 1. The van der Waals surface area contributed by atoms with Crippen LogP contribution in [0.3, 0.4) is 0 Å². The Morgan fingerprint density at radius 1 is 1.29 bits per heavy atom. The molecule has 1 aromatic heterocycles. The van der Waals surface area contributed by atoms with Gasteiger partial charge in [0.15, 0.2) is 0 Å². The maximum atomic E-state index is 11.6. The van der Waals surface area contributed by atoms with Crippen LogP contribution in [0, 0.1) is 0 Å². The van der Waals surface area contributed by atoms with Crippen LogP contribution in [0.2, 0.25) is 0 Å². The van der Waals surface area contributed by atoms with E-state index in [2.05, 4.69) is 0 Å². The molecule has 0 aliphatic rings. The predicted molar refractivity (Wildman–Crippen MR) is 61.2 cm³/mol. The molecule has 0 aliphatic carbocycles. The minimum atomic E-state index is -0.685. The molecule has 2 aromatic rings. The van der Waals surface area contributed by atoms with Crippen LogP contribution < -0.4 is 5.63 Å². The monoisotopic (exact) mass is 236 g/mol. The molecule has 0 saturated carbocycles. The molecule has 0 unspecified atom stereocenters. The second-order valence-corrected chi connectivity index (χ2v) is 3.98. The molecule has 1 aromatic carbocycles. The Balaban J connectivity index is 2.69. The molecule has 0 bridgehead atoms.